The van der Waals surface area contributed by atoms with Gasteiger partial charge < -0.3 is 20.1 Å². The van der Waals surface area contributed by atoms with E-state index in [-0.39, 0.29) is 12.3 Å². The average molecular weight is 314 g/mol. The first-order valence-corrected chi connectivity index (χ1v) is 6.99. The Morgan fingerprint density at radius 3 is 2.43 bits per heavy atom. The number of nitrogens with zero attached hydrogens (tertiary/aromatic N) is 1. The van der Waals surface area contributed by atoms with E-state index in [1.54, 1.807) is 25.3 Å². The van der Waals surface area contributed by atoms with Crippen LogP contribution < -0.4 is 15.0 Å². The molecule has 0 heterocycles. The quantitative estimate of drug-likeness (QED) is 0.842. The highest BCUT2D eigenvalue weighted by Crippen LogP contribution is 2.18. The molecule has 0 fully saturated rings. The van der Waals surface area contributed by atoms with Crippen LogP contribution in [-0.4, -0.2) is 31.1 Å². The van der Waals surface area contributed by atoms with Crippen LogP contribution in [0.15, 0.2) is 48.5 Å². The van der Waals surface area contributed by atoms with Crippen molar-refractivity contribution in [2.75, 3.05) is 19.1 Å². The number of carbonyl (C=O) groups is 2. The Kier molecular flexibility index (Phi) is 5.19. The number of methoxy groups -OCH3 is 1. The Morgan fingerprint density at radius 2 is 1.78 bits per heavy atom. The van der Waals surface area contributed by atoms with Gasteiger partial charge in [-0.15, -0.1) is 0 Å². The molecule has 0 saturated carbocycles. The Bertz CT molecular complexity index is 698. The van der Waals surface area contributed by atoms with E-state index in [1.165, 1.54) is 24.1 Å². The molecule has 2 aromatic rings. The fourth-order valence-corrected chi connectivity index (χ4v) is 2.05. The van der Waals surface area contributed by atoms with Crippen LogP contribution in [0.4, 0.5) is 5.69 Å². The molecule has 0 aromatic heterocycles. The van der Waals surface area contributed by atoms with Crippen molar-refractivity contribution < 1.29 is 19.4 Å². The average Bonchev–Trinajstić information content (AvgIpc) is 2.59. The number of amides is 2. The summed E-state index contributed by atoms with van der Waals surface area (Å²) in [6.45, 7) is 0.192. The van der Waals surface area contributed by atoms with E-state index in [9.17, 15) is 14.7 Å². The third-order valence-corrected chi connectivity index (χ3v) is 3.37. The predicted molar refractivity (Wildman–Crippen MR) is 86.4 cm³/mol. The summed E-state index contributed by atoms with van der Waals surface area (Å²) < 4.78 is 5.20. The summed E-state index contributed by atoms with van der Waals surface area (Å²) >= 11 is 0. The number of rotatable bonds is 4. The van der Waals surface area contributed by atoms with Gasteiger partial charge in [-0.2, -0.15) is 0 Å². The van der Waals surface area contributed by atoms with Crippen molar-refractivity contribution in [1.29, 1.82) is 0 Å². The highest BCUT2D eigenvalue weighted by Gasteiger charge is 2.20. The topological polar surface area (TPSA) is 78.9 Å². The zero-order valence-electron chi connectivity index (χ0n) is 12.9. The SMILES string of the molecule is COc1ccccc1CNC(=O)C(=O)N(C)c1ccc(O)cc1. The van der Waals surface area contributed by atoms with Crippen LogP contribution >= 0.6 is 0 Å². The zero-order chi connectivity index (χ0) is 16.8. The van der Waals surface area contributed by atoms with E-state index < -0.39 is 11.8 Å². The fraction of sp³-hybridized carbons (Fsp3) is 0.176. The van der Waals surface area contributed by atoms with Gasteiger partial charge in [0.1, 0.15) is 11.5 Å². The first-order chi connectivity index (χ1) is 11.0. The van der Waals surface area contributed by atoms with Crippen molar-refractivity contribution in [2.45, 2.75) is 6.54 Å². The van der Waals surface area contributed by atoms with Gasteiger partial charge in [-0.3, -0.25) is 9.59 Å². The van der Waals surface area contributed by atoms with Gasteiger partial charge >= 0.3 is 11.8 Å². The van der Waals surface area contributed by atoms with Gasteiger partial charge in [-0.25, -0.2) is 0 Å². The van der Waals surface area contributed by atoms with Crippen molar-refractivity contribution in [2.24, 2.45) is 0 Å². The van der Waals surface area contributed by atoms with Gasteiger partial charge in [0.05, 0.1) is 7.11 Å². The molecule has 0 aliphatic heterocycles. The predicted octanol–water partition coefficient (Wildman–Crippen LogP) is 1.68. The summed E-state index contributed by atoms with van der Waals surface area (Å²) in [5, 5.41) is 11.8. The minimum atomic E-state index is -0.716. The molecule has 0 aliphatic rings. The van der Waals surface area contributed by atoms with Crippen LogP contribution in [0.25, 0.3) is 0 Å². The summed E-state index contributed by atoms with van der Waals surface area (Å²) in [5.74, 6) is -0.667. The molecule has 120 valence electrons. The Labute approximate surface area is 134 Å². The van der Waals surface area contributed by atoms with Crippen molar-refractivity contribution >= 4 is 17.5 Å². The molecule has 2 aromatic carbocycles. The monoisotopic (exact) mass is 314 g/mol. The number of phenols is 1. The molecule has 0 radical (unpaired) electrons. The second-order valence-electron chi connectivity index (χ2n) is 4.88. The lowest BCUT2D eigenvalue weighted by atomic mass is 10.2. The third kappa shape index (κ3) is 4.00. The van der Waals surface area contributed by atoms with E-state index in [0.717, 1.165) is 5.56 Å². The molecule has 23 heavy (non-hydrogen) atoms. The molecule has 0 spiro atoms. The number of hydrogen-bond acceptors (Lipinski definition) is 4. The molecule has 6 nitrogen and oxygen atoms in total. The normalized spacial score (nSPS) is 10.0. The van der Waals surface area contributed by atoms with Crippen LogP contribution in [0.2, 0.25) is 0 Å². The van der Waals surface area contributed by atoms with E-state index >= 15 is 0 Å². The van der Waals surface area contributed by atoms with E-state index in [0.29, 0.717) is 11.4 Å². The first-order valence-electron chi connectivity index (χ1n) is 6.99. The molecule has 2 amide bonds. The smallest absolute Gasteiger partial charge is 0.316 e. The van der Waals surface area contributed by atoms with Crippen molar-refractivity contribution in [1.82, 2.24) is 5.32 Å². The number of carbonyl (C=O) groups excluding carboxylic acids is 2. The van der Waals surface area contributed by atoms with Crippen LogP contribution in [0.1, 0.15) is 5.56 Å². The number of likely N-dealkylation sites (N-methyl/N-ethyl adjacent to an activating group) is 1. The minimum Gasteiger partial charge on any atom is -0.508 e. The number of hydrogen-bond donors (Lipinski definition) is 2. The van der Waals surface area contributed by atoms with Crippen molar-refractivity contribution in [3.05, 3.63) is 54.1 Å². The molecule has 0 bridgehead atoms. The van der Waals surface area contributed by atoms with Crippen molar-refractivity contribution in [3.8, 4) is 11.5 Å². The van der Waals surface area contributed by atoms with E-state index in [2.05, 4.69) is 5.32 Å². The van der Waals surface area contributed by atoms with Gasteiger partial charge in [0, 0.05) is 24.8 Å². The summed E-state index contributed by atoms with van der Waals surface area (Å²) in [6, 6.07) is 13.3. The zero-order valence-corrected chi connectivity index (χ0v) is 12.9. The fourth-order valence-electron chi connectivity index (χ4n) is 2.05. The van der Waals surface area contributed by atoms with Crippen LogP contribution in [0.3, 0.4) is 0 Å². The second-order valence-corrected chi connectivity index (χ2v) is 4.88. The first kappa shape index (κ1) is 16.4. The molecule has 0 aliphatic carbocycles. The lowest BCUT2D eigenvalue weighted by Gasteiger charge is -2.17. The maximum atomic E-state index is 12.1. The van der Waals surface area contributed by atoms with Crippen LogP contribution in [0, 0.1) is 0 Å². The molecular weight excluding hydrogens is 296 g/mol. The summed E-state index contributed by atoms with van der Waals surface area (Å²) in [4.78, 5) is 25.3. The number of ether oxygens (including phenoxy) is 1. The molecule has 6 heteroatoms. The lowest BCUT2D eigenvalue weighted by Crippen LogP contribution is -2.40. The highest BCUT2D eigenvalue weighted by atomic mass is 16.5. The van der Waals surface area contributed by atoms with Gasteiger partial charge in [0.2, 0.25) is 0 Å². The molecular formula is C17H18N2O4. The summed E-state index contributed by atoms with van der Waals surface area (Å²) in [6.07, 6.45) is 0. The molecule has 2 rings (SSSR count). The van der Waals surface area contributed by atoms with Gasteiger partial charge in [0.15, 0.2) is 0 Å². The highest BCUT2D eigenvalue weighted by molar-refractivity contribution is 6.40. The minimum absolute atomic E-state index is 0.0928. The van der Waals surface area contributed by atoms with Gasteiger partial charge in [-0.05, 0) is 30.3 Å². The molecule has 0 atom stereocenters. The third-order valence-electron chi connectivity index (χ3n) is 3.37. The largest absolute Gasteiger partial charge is 0.508 e. The standard InChI is InChI=1S/C17H18N2O4/c1-19(13-7-9-14(20)10-8-13)17(22)16(21)18-11-12-5-3-4-6-15(12)23-2/h3-10,20H,11H2,1-2H3,(H,18,21). The molecule has 2 N–H and O–H groups in total. The number of anilines is 1. The summed E-state index contributed by atoms with van der Waals surface area (Å²) in [7, 11) is 3.04. The van der Waals surface area contributed by atoms with E-state index in [4.69, 9.17) is 4.74 Å². The Morgan fingerprint density at radius 1 is 1.13 bits per heavy atom. The second kappa shape index (κ2) is 7.31. The van der Waals surface area contributed by atoms with Gasteiger partial charge in [-0.1, -0.05) is 18.2 Å². The van der Waals surface area contributed by atoms with E-state index in [1.807, 2.05) is 18.2 Å². The number of aromatic hydroxyl groups is 1. The maximum absolute atomic E-state index is 12.1. The Hall–Kier alpha value is -3.02. The molecule has 0 saturated heterocycles. The number of para-hydroxylation sites is 1. The number of nitrogens with one attached hydrogen (secondary N) is 1. The van der Waals surface area contributed by atoms with Crippen LogP contribution in [-0.2, 0) is 16.1 Å². The summed E-state index contributed by atoms with van der Waals surface area (Å²) in [5.41, 5.74) is 1.30. The number of phenolic OH excluding ortho intramolecular Hbond substituents is 1. The van der Waals surface area contributed by atoms with Crippen molar-refractivity contribution in [3.63, 3.8) is 0 Å². The lowest BCUT2D eigenvalue weighted by molar-refractivity contribution is -0.137. The Balaban J connectivity index is 1.99. The van der Waals surface area contributed by atoms with Gasteiger partial charge in [0.25, 0.3) is 0 Å². The molecule has 0 unspecified atom stereocenters. The number of benzene rings is 2. The van der Waals surface area contributed by atoms with Crippen LogP contribution in [0.5, 0.6) is 11.5 Å². The maximum Gasteiger partial charge on any atom is 0.316 e.